The van der Waals surface area contributed by atoms with E-state index < -0.39 is 34.4 Å². The Morgan fingerprint density at radius 2 is 1.66 bits per heavy atom. The molecule has 2 fully saturated rings. The van der Waals surface area contributed by atoms with Crippen LogP contribution in [0.3, 0.4) is 0 Å². The second-order valence-corrected chi connectivity index (χ2v) is 13.7. The largest absolute Gasteiger partial charge is 0.387 e. The zero-order chi connectivity index (χ0) is 30.7. The summed E-state index contributed by atoms with van der Waals surface area (Å²) < 4.78 is 36.6. The van der Waals surface area contributed by atoms with Crippen molar-refractivity contribution in [1.29, 1.82) is 0 Å². The first kappa shape index (κ1) is 30.6. The van der Waals surface area contributed by atoms with Gasteiger partial charge in [0.25, 0.3) is 0 Å². The van der Waals surface area contributed by atoms with Crippen molar-refractivity contribution in [2.24, 2.45) is 0 Å². The summed E-state index contributed by atoms with van der Waals surface area (Å²) in [6.45, 7) is 0.956. The molecule has 0 saturated carbocycles. The molecule has 2 aliphatic rings. The highest BCUT2D eigenvalue weighted by Gasteiger charge is 2.44. The highest BCUT2D eigenvalue weighted by atomic mass is 32.2. The van der Waals surface area contributed by atoms with E-state index in [-0.39, 0.29) is 30.1 Å². The van der Waals surface area contributed by atoms with Gasteiger partial charge in [-0.3, -0.25) is 4.57 Å². The smallest absolute Gasteiger partial charge is 0.168 e. The average molecular weight is 623 g/mol. The minimum absolute atomic E-state index is 0.0280. The predicted octanol–water partition coefficient (Wildman–Crippen LogP) is 2.00. The summed E-state index contributed by atoms with van der Waals surface area (Å²) in [5, 5.41) is 28.4. The molecule has 0 bridgehead atoms. The van der Waals surface area contributed by atoms with E-state index in [0.717, 1.165) is 11.1 Å². The Bertz CT molecular complexity index is 1600. The minimum atomic E-state index is -2.98. The van der Waals surface area contributed by atoms with Crippen molar-refractivity contribution in [3.63, 3.8) is 0 Å². The van der Waals surface area contributed by atoms with Gasteiger partial charge in [-0.25, -0.2) is 23.4 Å². The van der Waals surface area contributed by atoms with Gasteiger partial charge in [-0.05, 0) is 24.0 Å². The van der Waals surface area contributed by atoms with Crippen LogP contribution in [0.1, 0.15) is 41.9 Å². The number of nitrogens with zero attached hydrogens (tertiary/aromatic N) is 4. The van der Waals surface area contributed by atoms with Crippen molar-refractivity contribution >= 4 is 26.8 Å². The van der Waals surface area contributed by atoms with E-state index in [0.29, 0.717) is 48.7 Å². The van der Waals surface area contributed by atoms with Crippen LogP contribution in [0.5, 0.6) is 0 Å². The van der Waals surface area contributed by atoms with Crippen molar-refractivity contribution < 1.29 is 28.1 Å². The summed E-state index contributed by atoms with van der Waals surface area (Å²) in [6, 6.07) is 20.5. The molecule has 0 aliphatic carbocycles. The Kier molecular flexibility index (Phi) is 9.21. The fraction of sp³-hybridized carbons (Fsp3) is 0.452. The summed E-state index contributed by atoms with van der Waals surface area (Å²) in [5.74, 6) is 1.35. The zero-order valence-corrected chi connectivity index (χ0v) is 25.3. The molecule has 13 heteroatoms. The van der Waals surface area contributed by atoms with E-state index in [1.54, 1.807) is 4.57 Å². The van der Waals surface area contributed by atoms with E-state index in [1.165, 1.54) is 13.4 Å². The molecule has 4 N–H and O–H groups in total. The first-order valence-electron chi connectivity index (χ1n) is 14.8. The van der Waals surface area contributed by atoms with Gasteiger partial charge in [0.1, 0.15) is 34.0 Å². The van der Waals surface area contributed by atoms with E-state index >= 15 is 0 Å². The summed E-state index contributed by atoms with van der Waals surface area (Å²) >= 11 is 0. The molecule has 0 spiro atoms. The molecule has 0 unspecified atom stereocenters. The molecule has 0 amide bonds. The number of aliphatic hydroxyl groups excluding tert-OH is 2. The van der Waals surface area contributed by atoms with Crippen LogP contribution in [0.25, 0.3) is 11.2 Å². The molecule has 12 nitrogen and oxygen atoms in total. The number of rotatable bonds is 11. The lowest BCUT2D eigenvalue weighted by Crippen LogP contribution is -2.37. The van der Waals surface area contributed by atoms with Gasteiger partial charge in [0.05, 0.1) is 31.0 Å². The first-order chi connectivity index (χ1) is 21.3. The molecular weight excluding hydrogens is 584 g/mol. The minimum Gasteiger partial charge on any atom is -0.387 e. The van der Waals surface area contributed by atoms with Crippen LogP contribution < -0.4 is 10.6 Å². The quantitative estimate of drug-likeness (QED) is 0.194. The van der Waals surface area contributed by atoms with Crippen LogP contribution >= 0.6 is 0 Å². The van der Waals surface area contributed by atoms with E-state index in [9.17, 15) is 18.6 Å². The van der Waals surface area contributed by atoms with Gasteiger partial charge < -0.3 is 30.3 Å². The Hall–Kier alpha value is -3.46. The second kappa shape index (κ2) is 13.3. The maximum Gasteiger partial charge on any atom is 0.168 e. The van der Waals surface area contributed by atoms with Gasteiger partial charge in [0.15, 0.2) is 23.2 Å². The van der Waals surface area contributed by atoms with Crippen molar-refractivity contribution in [2.45, 2.75) is 55.9 Å². The molecule has 6 rings (SSSR count). The number of anilines is 1. The maximum absolute atomic E-state index is 11.9. The number of hydrogen-bond acceptors (Lipinski definition) is 11. The first-order valence-corrected chi connectivity index (χ1v) is 16.7. The number of aliphatic hydroxyl groups is 2. The van der Waals surface area contributed by atoms with Crippen LogP contribution in [-0.4, -0.2) is 94.3 Å². The van der Waals surface area contributed by atoms with Crippen LogP contribution in [0.2, 0.25) is 0 Å². The number of nitrogens with one attached hydrogen (secondary N) is 2. The molecule has 2 aliphatic heterocycles. The van der Waals surface area contributed by atoms with Gasteiger partial charge in [-0.15, -0.1) is 0 Å². The van der Waals surface area contributed by atoms with Gasteiger partial charge in [0.2, 0.25) is 0 Å². The lowest BCUT2D eigenvalue weighted by molar-refractivity contribution is -0.0580. The Labute approximate surface area is 256 Å². The molecule has 4 atom stereocenters. The maximum atomic E-state index is 11.9. The summed E-state index contributed by atoms with van der Waals surface area (Å²) in [4.78, 5) is 14.2. The number of imidazole rings is 1. The fourth-order valence-corrected chi connectivity index (χ4v) is 7.43. The van der Waals surface area contributed by atoms with Crippen molar-refractivity contribution in [2.75, 3.05) is 37.1 Å². The van der Waals surface area contributed by atoms with Gasteiger partial charge in [-0.2, -0.15) is 0 Å². The van der Waals surface area contributed by atoms with Crippen LogP contribution in [0.4, 0.5) is 5.82 Å². The lowest BCUT2D eigenvalue weighted by Gasteiger charge is -2.23. The molecule has 0 radical (unpaired) electrons. The fourth-order valence-electron chi connectivity index (χ4n) is 5.94. The number of ether oxygens (including phenoxy) is 2. The standard InChI is InChI=1S/C31H38N6O6S/c1-42-18-24-27(38)28(39)31(43-24)37-19-34-26-29(33-16-23(20-8-4-2-5-9-20)21-10-6-3-7-11-21)35-25(36-30(26)37)17-32-22-12-14-44(40,41)15-13-22/h2-11,19,22-24,27-28,31-32,38-39H,12-18H2,1H3,(H,33,35,36)/t24-,27-,28-,31-/m1/s1. The molecule has 4 heterocycles. The predicted molar refractivity (Wildman–Crippen MR) is 165 cm³/mol. The average Bonchev–Trinajstić information content (AvgIpc) is 3.58. The molecular formula is C31H38N6O6S. The highest BCUT2D eigenvalue weighted by molar-refractivity contribution is 7.91. The van der Waals surface area contributed by atoms with Crippen LogP contribution in [0, 0.1) is 0 Å². The molecule has 2 aromatic heterocycles. The van der Waals surface area contributed by atoms with Gasteiger partial charge in [-0.1, -0.05) is 60.7 Å². The number of methoxy groups -OCH3 is 1. The number of fused-ring (bicyclic) bond motifs is 1. The van der Waals surface area contributed by atoms with Gasteiger partial charge in [0, 0.05) is 25.6 Å². The molecule has 2 aromatic carbocycles. The number of aromatic nitrogens is 4. The molecule has 4 aromatic rings. The summed E-state index contributed by atoms with van der Waals surface area (Å²) in [6.07, 6.45) is -1.39. The van der Waals surface area contributed by atoms with E-state index in [1.807, 2.05) is 36.4 Å². The number of sulfone groups is 1. The number of hydrogen-bond donors (Lipinski definition) is 4. The summed E-state index contributed by atoms with van der Waals surface area (Å²) in [7, 11) is -1.47. The van der Waals surface area contributed by atoms with Gasteiger partial charge >= 0.3 is 0 Å². The van der Waals surface area contributed by atoms with E-state index in [2.05, 4.69) is 39.9 Å². The zero-order valence-electron chi connectivity index (χ0n) is 24.5. The van der Waals surface area contributed by atoms with Crippen molar-refractivity contribution in [3.05, 3.63) is 83.9 Å². The monoisotopic (exact) mass is 622 g/mol. The Morgan fingerprint density at radius 3 is 2.30 bits per heavy atom. The number of benzene rings is 2. The highest BCUT2D eigenvalue weighted by Crippen LogP contribution is 2.33. The lowest BCUT2D eigenvalue weighted by atomic mass is 9.91. The Morgan fingerprint density at radius 1 is 1.00 bits per heavy atom. The van der Waals surface area contributed by atoms with Crippen LogP contribution in [0.15, 0.2) is 67.0 Å². The van der Waals surface area contributed by atoms with E-state index in [4.69, 9.17) is 19.4 Å². The van der Waals surface area contributed by atoms with Crippen molar-refractivity contribution in [3.8, 4) is 0 Å². The molecule has 44 heavy (non-hydrogen) atoms. The third kappa shape index (κ3) is 6.63. The Balaban J connectivity index is 1.32. The molecule has 234 valence electrons. The SMILES string of the molecule is COC[C@H]1O[C@@H](n2cnc3c(NCC(c4ccccc4)c4ccccc4)nc(CNC4CCS(=O)(=O)CC4)nc32)[C@H](O)[C@@H]1O. The van der Waals surface area contributed by atoms with Crippen LogP contribution in [-0.2, 0) is 25.9 Å². The summed E-state index contributed by atoms with van der Waals surface area (Å²) in [5.41, 5.74) is 3.24. The van der Waals surface area contributed by atoms with Crippen molar-refractivity contribution in [1.82, 2.24) is 24.8 Å². The third-order valence-electron chi connectivity index (χ3n) is 8.39. The third-order valence-corrected chi connectivity index (χ3v) is 10.1. The normalized spacial score (nSPS) is 23.8. The molecule has 2 saturated heterocycles. The second-order valence-electron chi connectivity index (χ2n) is 11.4. The topological polar surface area (TPSA) is 161 Å².